The predicted molar refractivity (Wildman–Crippen MR) is 132 cm³/mol. The lowest BCUT2D eigenvalue weighted by Gasteiger charge is -2.14. The molecular weight excluding hydrogens is 452 g/mol. The smallest absolute Gasteiger partial charge is 0.271 e. The fraction of sp³-hybridized carbons (Fsp3) is 0.240. The first-order valence-corrected chi connectivity index (χ1v) is 11.9. The number of thiophene rings is 1. The van der Waals surface area contributed by atoms with Crippen LogP contribution in [-0.2, 0) is 24.2 Å². The average molecular weight is 475 g/mol. The first-order chi connectivity index (χ1) is 16.4. The SMILES string of the molecule is Cc1cccc(-c2nc3sc4c(c3c(=O)n2CC(=O)Nc2cccc([N+](=O)[O-])c2)CCCC4)c1. The van der Waals surface area contributed by atoms with E-state index in [1.54, 1.807) is 17.4 Å². The van der Waals surface area contributed by atoms with Crippen molar-refractivity contribution in [3.8, 4) is 11.4 Å². The van der Waals surface area contributed by atoms with Crippen LogP contribution in [0.3, 0.4) is 0 Å². The van der Waals surface area contributed by atoms with Gasteiger partial charge in [0, 0.05) is 28.3 Å². The zero-order chi connectivity index (χ0) is 23.8. The Hall–Kier alpha value is -3.85. The van der Waals surface area contributed by atoms with Gasteiger partial charge in [0.05, 0.1) is 10.3 Å². The van der Waals surface area contributed by atoms with E-state index in [4.69, 9.17) is 4.98 Å². The molecule has 0 atom stereocenters. The molecule has 0 fully saturated rings. The minimum absolute atomic E-state index is 0.122. The number of amides is 1. The number of benzene rings is 2. The number of nitro benzene ring substituents is 1. The Bertz CT molecular complexity index is 1500. The molecule has 0 saturated heterocycles. The fourth-order valence-electron chi connectivity index (χ4n) is 4.43. The van der Waals surface area contributed by atoms with E-state index in [-0.39, 0.29) is 17.8 Å². The third-order valence-electron chi connectivity index (χ3n) is 5.99. The second-order valence-corrected chi connectivity index (χ2v) is 9.53. The summed E-state index contributed by atoms with van der Waals surface area (Å²) < 4.78 is 1.42. The molecule has 5 rings (SSSR count). The Morgan fingerprint density at radius 1 is 1.18 bits per heavy atom. The topological polar surface area (TPSA) is 107 Å². The highest BCUT2D eigenvalue weighted by Crippen LogP contribution is 2.35. The van der Waals surface area contributed by atoms with Crippen molar-refractivity contribution < 1.29 is 9.72 Å². The van der Waals surface area contributed by atoms with Gasteiger partial charge in [0.15, 0.2) is 0 Å². The molecule has 2 aromatic heterocycles. The normalized spacial score (nSPS) is 13.0. The Labute approximate surface area is 199 Å². The van der Waals surface area contributed by atoms with Crippen LogP contribution < -0.4 is 10.9 Å². The number of nitrogens with zero attached hydrogens (tertiary/aromatic N) is 3. The van der Waals surface area contributed by atoms with E-state index in [0.29, 0.717) is 21.7 Å². The molecule has 1 aliphatic carbocycles. The van der Waals surface area contributed by atoms with E-state index in [9.17, 15) is 19.7 Å². The lowest BCUT2D eigenvalue weighted by molar-refractivity contribution is -0.384. The van der Waals surface area contributed by atoms with Gasteiger partial charge in [-0.05, 0) is 50.3 Å². The van der Waals surface area contributed by atoms with Crippen molar-refractivity contribution in [1.82, 2.24) is 9.55 Å². The van der Waals surface area contributed by atoms with Crippen LogP contribution in [0, 0.1) is 17.0 Å². The number of rotatable bonds is 5. The van der Waals surface area contributed by atoms with E-state index in [1.807, 2.05) is 31.2 Å². The summed E-state index contributed by atoms with van der Waals surface area (Å²) >= 11 is 1.57. The minimum Gasteiger partial charge on any atom is -0.324 e. The number of carbonyl (C=O) groups is 1. The third-order valence-corrected chi connectivity index (χ3v) is 7.18. The molecule has 172 valence electrons. The van der Waals surface area contributed by atoms with E-state index in [0.717, 1.165) is 42.4 Å². The van der Waals surface area contributed by atoms with Crippen LogP contribution in [-0.4, -0.2) is 20.4 Å². The molecule has 9 heteroatoms. The number of carbonyl (C=O) groups excluding carboxylic acids is 1. The van der Waals surface area contributed by atoms with Crippen molar-refractivity contribution in [3.05, 3.63) is 85.0 Å². The van der Waals surface area contributed by atoms with Gasteiger partial charge in [-0.3, -0.25) is 24.3 Å². The number of aryl methyl sites for hydroxylation is 3. The second-order valence-electron chi connectivity index (χ2n) is 8.44. The number of aromatic nitrogens is 2. The van der Waals surface area contributed by atoms with Gasteiger partial charge < -0.3 is 5.32 Å². The maximum atomic E-state index is 13.7. The van der Waals surface area contributed by atoms with E-state index in [1.165, 1.54) is 27.6 Å². The average Bonchev–Trinajstić information content (AvgIpc) is 3.19. The third kappa shape index (κ3) is 4.10. The van der Waals surface area contributed by atoms with Gasteiger partial charge in [0.2, 0.25) is 5.91 Å². The maximum absolute atomic E-state index is 13.7. The van der Waals surface area contributed by atoms with Crippen molar-refractivity contribution in [2.24, 2.45) is 0 Å². The molecule has 0 unspecified atom stereocenters. The molecule has 8 nitrogen and oxygen atoms in total. The molecule has 0 spiro atoms. The van der Waals surface area contributed by atoms with E-state index in [2.05, 4.69) is 5.32 Å². The number of fused-ring (bicyclic) bond motifs is 3. The molecule has 4 aromatic rings. The van der Waals surface area contributed by atoms with Gasteiger partial charge in [-0.25, -0.2) is 4.98 Å². The van der Waals surface area contributed by atoms with Crippen LogP contribution in [0.4, 0.5) is 11.4 Å². The minimum atomic E-state index is -0.520. The number of nitro groups is 1. The van der Waals surface area contributed by atoms with Crippen molar-refractivity contribution in [2.45, 2.75) is 39.2 Å². The number of nitrogens with one attached hydrogen (secondary N) is 1. The van der Waals surface area contributed by atoms with Crippen molar-refractivity contribution in [2.75, 3.05) is 5.32 Å². The quantitative estimate of drug-likeness (QED) is 0.328. The van der Waals surface area contributed by atoms with Crippen LogP contribution in [0.1, 0.15) is 28.8 Å². The highest BCUT2D eigenvalue weighted by Gasteiger charge is 2.23. The highest BCUT2D eigenvalue weighted by atomic mass is 32.1. The number of anilines is 1. The summed E-state index contributed by atoms with van der Waals surface area (Å²) in [6.07, 6.45) is 3.92. The number of hydrogen-bond acceptors (Lipinski definition) is 6. The second kappa shape index (κ2) is 8.83. The Morgan fingerprint density at radius 3 is 2.76 bits per heavy atom. The molecule has 0 saturated carbocycles. The van der Waals surface area contributed by atoms with Crippen LogP contribution in [0.25, 0.3) is 21.6 Å². The number of hydrogen-bond donors (Lipinski definition) is 1. The summed E-state index contributed by atoms with van der Waals surface area (Å²) in [5.41, 5.74) is 2.79. The standard InChI is InChI=1S/C25H22N4O4S/c1-15-6-4-7-16(12-15)23-27-24-22(19-10-2-3-11-20(19)34-24)25(31)28(23)14-21(30)26-17-8-5-9-18(13-17)29(32)33/h4-9,12-13H,2-3,10-11,14H2,1H3,(H,26,30). The van der Waals surface area contributed by atoms with Gasteiger partial charge in [-0.15, -0.1) is 11.3 Å². The van der Waals surface area contributed by atoms with Crippen LogP contribution >= 0.6 is 11.3 Å². The molecule has 1 N–H and O–H groups in total. The molecule has 34 heavy (non-hydrogen) atoms. The Morgan fingerprint density at radius 2 is 1.97 bits per heavy atom. The number of non-ortho nitro benzene ring substituents is 1. The highest BCUT2D eigenvalue weighted by molar-refractivity contribution is 7.18. The summed E-state index contributed by atoms with van der Waals surface area (Å²) in [7, 11) is 0. The predicted octanol–water partition coefficient (Wildman–Crippen LogP) is 4.86. The largest absolute Gasteiger partial charge is 0.324 e. The van der Waals surface area contributed by atoms with Crippen LogP contribution in [0.5, 0.6) is 0 Å². The zero-order valence-corrected chi connectivity index (χ0v) is 19.4. The van der Waals surface area contributed by atoms with Gasteiger partial charge in [-0.1, -0.05) is 29.8 Å². The maximum Gasteiger partial charge on any atom is 0.271 e. The summed E-state index contributed by atoms with van der Waals surface area (Å²) in [5.74, 6) is -0.0178. The fourth-order valence-corrected chi connectivity index (χ4v) is 5.68. The monoisotopic (exact) mass is 474 g/mol. The van der Waals surface area contributed by atoms with Gasteiger partial charge in [-0.2, -0.15) is 0 Å². The molecule has 1 amide bonds. The van der Waals surface area contributed by atoms with Crippen molar-refractivity contribution in [3.63, 3.8) is 0 Å². The first kappa shape index (κ1) is 22.0. The molecule has 0 radical (unpaired) electrons. The van der Waals surface area contributed by atoms with E-state index < -0.39 is 10.8 Å². The van der Waals surface area contributed by atoms with Gasteiger partial charge in [0.25, 0.3) is 11.2 Å². The Kier molecular flexibility index (Phi) is 5.70. The Balaban J connectivity index is 1.59. The van der Waals surface area contributed by atoms with Gasteiger partial charge in [0.1, 0.15) is 17.2 Å². The van der Waals surface area contributed by atoms with Crippen molar-refractivity contribution in [1.29, 1.82) is 0 Å². The van der Waals surface area contributed by atoms with Gasteiger partial charge >= 0.3 is 0 Å². The van der Waals surface area contributed by atoms with E-state index >= 15 is 0 Å². The summed E-state index contributed by atoms with van der Waals surface area (Å²) in [5, 5.41) is 14.3. The molecule has 0 bridgehead atoms. The lowest BCUT2D eigenvalue weighted by atomic mass is 9.97. The molecule has 2 aromatic carbocycles. The molecule has 1 aliphatic rings. The summed E-state index contributed by atoms with van der Waals surface area (Å²) in [6.45, 7) is 1.71. The molecule has 2 heterocycles. The zero-order valence-electron chi connectivity index (χ0n) is 18.5. The summed E-state index contributed by atoms with van der Waals surface area (Å²) in [6, 6.07) is 13.4. The van der Waals surface area contributed by atoms with Crippen LogP contribution in [0.2, 0.25) is 0 Å². The lowest BCUT2D eigenvalue weighted by Crippen LogP contribution is -2.30. The van der Waals surface area contributed by atoms with Crippen molar-refractivity contribution >= 4 is 38.8 Å². The molecule has 0 aliphatic heterocycles. The molecular formula is C25H22N4O4S. The summed E-state index contributed by atoms with van der Waals surface area (Å²) in [4.78, 5) is 44.0. The first-order valence-electron chi connectivity index (χ1n) is 11.1. The van der Waals surface area contributed by atoms with Crippen LogP contribution in [0.15, 0.2) is 53.3 Å².